The number of nitrogens with zero attached hydrogens (tertiary/aromatic N) is 2. The summed E-state index contributed by atoms with van der Waals surface area (Å²) in [6, 6.07) is 11.7. The van der Waals surface area contributed by atoms with Crippen molar-refractivity contribution in [3.63, 3.8) is 0 Å². The van der Waals surface area contributed by atoms with Crippen LogP contribution in [0.1, 0.15) is 12.5 Å². The average Bonchev–Trinajstić information content (AvgIpc) is 2.75. The summed E-state index contributed by atoms with van der Waals surface area (Å²) in [5.41, 5.74) is 1.78. The molecule has 1 saturated heterocycles. The summed E-state index contributed by atoms with van der Waals surface area (Å²) in [6.07, 6.45) is -0.335. The molecule has 1 fully saturated rings. The Labute approximate surface area is 180 Å². The van der Waals surface area contributed by atoms with Gasteiger partial charge >= 0.3 is 5.97 Å². The molecule has 3 rings (SSSR count). The Morgan fingerprint density at radius 2 is 1.80 bits per heavy atom. The third kappa shape index (κ3) is 5.93. The van der Waals surface area contributed by atoms with Gasteiger partial charge in [0.25, 0.3) is 5.91 Å². The number of piperazine rings is 1. The molecule has 1 N–H and O–H groups in total. The van der Waals surface area contributed by atoms with Gasteiger partial charge in [-0.15, -0.1) is 0 Å². The topological polar surface area (TPSA) is 61.9 Å². The molecule has 160 valence electrons. The molecule has 2 aromatic rings. The summed E-state index contributed by atoms with van der Waals surface area (Å²) in [5.74, 6) is -1.77. The van der Waals surface area contributed by atoms with E-state index in [0.717, 1.165) is 38.4 Å². The Morgan fingerprint density at radius 1 is 1.10 bits per heavy atom. The lowest BCUT2D eigenvalue weighted by Gasteiger charge is -2.35. The molecule has 6 nitrogen and oxygen atoms in total. The van der Waals surface area contributed by atoms with Crippen molar-refractivity contribution in [2.45, 2.75) is 13.3 Å². The van der Waals surface area contributed by atoms with Crippen molar-refractivity contribution < 1.29 is 18.7 Å². The molecule has 2 aromatic carbocycles. The second kappa shape index (κ2) is 10.4. The third-order valence-electron chi connectivity index (χ3n) is 5.08. The Balaban J connectivity index is 1.45. The molecule has 8 heteroatoms. The third-order valence-corrected chi connectivity index (χ3v) is 5.44. The number of nitrogens with one attached hydrogen (secondary N) is 1. The standard InChI is InChI=1S/C22H25ClFN3O3/c1-2-26-10-12-27(13-11-26)17-8-6-16(7-9-17)25-21(28)15-30-22(29)14-18-19(23)4-3-5-20(18)24/h3-9H,2,10-15H2,1H3,(H,25,28). The van der Waals surface area contributed by atoms with E-state index in [9.17, 15) is 14.0 Å². The van der Waals surface area contributed by atoms with E-state index in [2.05, 4.69) is 22.0 Å². The number of likely N-dealkylation sites (N-methyl/N-ethyl adjacent to an activating group) is 1. The van der Waals surface area contributed by atoms with E-state index in [1.807, 2.05) is 24.3 Å². The zero-order valence-electron chi connectivity index (χ0n) is 16.9. The molecule has 1 heterocycles. The van der Waals surface area contributed by atoms with E-state index in [1.165, 1.54) is 18.2 Å². The number of amides is 1. The Bertz CT molecular complexity index is 863. The van der Waals surface area contributed by atoms with Crippen LogP contribution in [0.2, 0.25) is 5.02 Å². The molecule has 0 saturated carbocycles. The van der Waals surface area contributed by atoms with E-state index >= 15 is 0 Å². The molecule has 30 heavy (non-hydrogen) atoms. The number of carbonyl (C=O) groups excluding carboxylic acids is 2. The maximum atomic E-state index is 13.7. The van der Waals surface area contributed by atoms with Crippen LogP contribution < -0.4 is 10.2 Å². The van der Waals surface area contributed by atoms with Gasteiger partial charge < -0.3 is 19.9 Å². The Kier molecular flexibility index (Phi) is 7.65. The highest BCUT2D eigenvalue weighted by molar-refractivity contribution is 6.31. The fourth-order valence-corrected chi connectivity index (χ4v) is 3.55. The number of benzene rings is 2. The first kappa shape index (κ1) is 22.1. The van der Waals surface area contributed by atoms with Crippen LogP contribution in [-0.4, -0.2) is 56.1 Å². The van der Waals surface area contributed by atoms with Gasteiger partial charge in [-0.1, -0.05) is 24.6 Å². The molecule has 1 amide bonds. The summed E-state index contributed by atoms with van der Waals surface area (Å²) in [5, 5.41) is 2.83. The molecule has 0 aromatic heterocycles. The minimum atomic E-state index is -0.723. The summed E-state index contributed by atoms with van der Waals surface area (Å²) < 4.78 is 18.7. The van der Waals surface area contributed by atoms with Gasteiger partial charge in [0, 0.05) is 48.1 Å². The highest BCUT2D eigenvalue weighted by Crippen LogP contribution is 2.21. The van der Waals surface area contributed by atoms with Gasteiger partial charge in [-0.2, -0.15) is 0 Å². The monoisotopic (exact) mass is 433 g/mol. The molecule has 0 atom stereocenters. The van der Waals surface area contributed by atoms with Gasteiger partial charge in [-0.05, 0) is 42.9 Å². The van der Waals surface area contributed by atoms with Crippen LogP contribution in [0.15, 0.2) is 42.5 Å². The molecular weight excluding hydrogens is 409 g/mol. The number of hydrogen-bond acceptors (Lipinski definition) is 5. The minimum absolute atomic E-state index is 0.0555. The van der Waals surface area contributed by atoms with Crippen molar-refractivity contribution in [1.82, 2.24) is 4.90 Å². The normalized spacial score (nSPS) is 14.4. The van der Waals surface area contributed by atoms with Gasteiger partial charge in [0.2, 0.25) is 0 Å². The van der Waals surface area contributed by atoms with Gasteiger partial charge in [-0.25, -0.2) is 4.39 Å². The first-order valence-corrected chi connectivity index (χ1v) is 10.3. The molecule has 1 aliphatic heterocycles. The van der Waals surface area contributed by atoms with E-state index in [-0.39, 0.29) is 17.0 Å². The van der Waals surface area contributed by atoms with Crippen molar-refractivity contribution in [2.75, 3.05) is 49.5 Å². The fraction of sp³-hybridized carbons (Fsp3) is 0.364. The molecule has 0 bridgehead atoms. The molecule has 1 aliphatic rings. The number of esters is 1. The Morgan fingerprint density at radius 3 is 2.43 bits per heavy atom. The van der Waals surface area contributed by atoms with E-state index in [0.29, 0.717) is 5.69 Å². The minimum Gasteiger partial charge on any atom is -0.455 e. The van der Waals surface area contributed by atoms with E-state index in [1.54, 1.807) is 0 Å². The summed E-state index contributed by atoms with van der Waals surface area (Å²) >= 11 is 5.89. The Hall–Kier alpha value is -2.64. The van der Waals surface area contributed by atoms with Crippen LogP contribution in [0, 0.1) is 5.82 Å². The SMILES string of the molecule is CCN1CCN(c2ccc(NC(=O)COC(=O)Cc3c(F)cccc3Cl)cc2)CC1. The quantitative estimate of drug-likeness (QED) is 0.678. The average molecular weight is 434 g/mol. The number of halogens is 2. The van der Waals surface area contributed by atoms with Crippen molar-refractivity contribution in [1.29, 1.82) is 0 Å². The lowest BCUT2D eigenvalue weighted by atomic mass is 10.1. The van der Waals surface area contributed by atoms with Gasteiger partial charge in [0.1, 0.15) is 5.82 Å². The fourth-order valence-electron chi connectivity index (χ4n) is 3.32. The highest BCUT2D eigenvalue weighted by Gasteiger charge is 2.16. The zero-order chi connectivity index (χ0) is 21.5. The van der Waals surface area contributed by atoms with Crippen molar-refractivity contribution >= 4 is 34.9 Å². The second-order valence-electron chi connectivity index (χ2n) is 7.05. The van der Waals surface area contributed by atoms with Crippen LogP contribution in [0.3, 0.4) is 0 Å². The van der Waals surface area contributed by atoms with Crippen molar-refractivity contribution in [2.24, 2.45) is 0 Å². The largest absolute Gasteiger partial charge is 0.455 e. The zero-order valence-corrected chi connectivity index (χ0v) is 17.6. The smallest absolute Gasteiger partial charge is 0.310 e. The lowest BCUT2D eigenvalue weighted by molar-refractivity contribution is -0.146. The number of carbonyl (C=O) groups is 2. The molecule has 0 spiro atoms. The lowest BCUT2D eigenvalue weighted by Crippen LogP contribution is -2.46. The van der Waals surface area contributed by atoms with Crippen LogP contribution in [0.25, 0.3) is 0 Å². The van der Waals surface area contributed by atoms with Crippen LogP contribution in [-0.2, 0) is 20.7 Å². The van der Waals surface area contributed by atoms with Gasteiger partial charge in [0.05, 0.1) is 6.42 Å². The molecule has 0 radical (unpaired) electrons. The first-order valence-electron chi connectivity index (χ1n) is 9.92. The van der Waals surface area contributed by atoms with Gasteiger partial charge in [-0.3, -0.25) is 9.59 Å². The summed E-state index contributed by atoms with van der Waals surface area (Å²) in [7, 11) is 0. The summed E-state index contributed by atoms with van der Waals surface area (Å²) in [6.45, 7) is 6.81. The maximum absolute atomic E-state index is 13.7. The number of ether oxygens (including phenoxy) is 1. The van der Waals surface area contributed by atoms with Crippen molar-refractivity contribution in [3.8, 4) is 0 Å². The van der Waals surface area contributed by atoms with Gasteiger partial charge in [0.15, 0.2) is 6.61 Å². The van der Waals surface area contributed by atoms with Crippen LogP contribution >= 0.6 is 11.6 Å². The number of anilines is 2. The molecular formula is C22H25ClFN3O3. The van der Waals surface area contributed by atoms with Crippen molar-refractivity contribution in [3.05, 3.63) is 58.9 Å². The summed E-state index contributed by atoms with van der Waals surface area (Å²) in [4.78, 5) is 28.7. The number of rotatable bonds is 7. The maximum Gasteiger partial charge on any atom is 0.310 e. The first-order chi connectivity index (χ1) is 14.5. The highest BCUT2D eigenvalue weighted by atomic mass is 35.5. The van der Waals surface area contributed by atoms with E-state index in [4.69, 9.17) is 16.3 Å². The second-order valence-corrected chi connectivity index (χ2v) is 7.46. The van der Waals surface area contributed by atoms with Crippen LogP contribution in [0.4, 0.5) is 15.8 Å². The molecule has 0 unspecified atom stereocenters. The van der Waals surface area contributed by atoms with E-state index < -0.39 is 24.3 Å². The van der Waals surface area contributed by atoms with Crippen LogP contribution in [0.5, 0.6) is 0 Å². The predicted octanol–water partition coefficient (Wildman–Crippen LogP) is 3.35. The number of hydrogen-bond donors (Lipinski definition) is 1. The predicted molar refractivity (Wildman–Crippen MR) is 115 cm³/mol. The molecule has 0 aliphatic carbocycles.